The van der Waals surface area contributed by atoms with Crippen LogP contribution in [0.25, 0.3) is 0 Å². The van der Waals surface area contributed by atoms with Crippen molar-refractivity contribution in [3.8, 4) is 0 Å². The Kier molecular flexibility index (Phi) is 12.3. The molecule has 6 atom stereocenters. The van der Waals surface area contributed by atoms with E-state index in [0.717, 1.165) is 25.7 Å². The van der Waals surface area contributed by atoms with E-state index in [-0.39, 0.29) is 41.8 Å². The quantitative estimate of drug-likeness (QED) is 0.150. The second-order valence-corrected chi connectivity index (χ2v) is 10.8. The molecule has 2 saturated heterocycles. The van der Waals surface area contributed by atoms with Gasteiger partial charge in [0.1, 0.15) is 12.2 Å². The topological polar surface area (TPSA) is 140 Å². The smallest absolute Gasteiger partial charge is 0.407 e. The average Bonchev–Trinajstić information content (AvgIpc) is 3.84. The molecule has 0 aromatic heterocycles. The zero-order valence-electron chi connectivity index (χ0n) is 23.9. The fourth-order valence-electron chi connectivity index (χ4n) is 5.22. The molecule has 1 aliphatic carbocycles. The molecule has 2 aliphatic heterocycles. The second-order valence-electron chi connectivity index (χ2n) is 10.8. The van der Waals surface area contributed by atoms with Crippen molar-refractivity contribution in [2.75, 3.05) is 40.0 Å². The fraction of sp³-hybridized carbons (Fsp3) is 0.821. The predicted molar refractivity (Wildman–Crippen MR) is 144 cm³/mol. The van der Waals surface area contributed by atoms with E-state index in [2.05, 4.69) is 35.9 Å². The third kappa shape index (κ3) is 9.95. The Morgan fingerprint density at radius 1 is 1.00 bits per heavy atom. The highest BCUT2D eigenvalue weighted by Crippen LogP contribution is 2.54. The molecule has 3 rings (SSSR count). The molecule has 3 aliphatic rings. The van der Waals surface area contributed by atoms with Crippen LogP contribution < -0.4 is 16.0 Å². The average molecular weight is 554 g/mol. The molecule has 222 valence electrons. The number of rotatable bonds is 16. The highest BCUT2D eigenvalue weighted by molar-refractivity contribution is 5.75. The second kappa shape index (κ2) is 15.4. The van der Waals surface area contributed by atoms with Crippen LogP contribution in [0.3, 0.4) is 0 Å². The van der Waals surface area contributed by atoms with Crippen molar-refractivity contribution in [1.29, 1.82) is 0 Å². The summed E-state index contributed by atoms with van der Waals surface area (Å²) >= 11 is 0. The third-order valence-electron chi connectivity index (χ3n) is 7.55. The predicted octanol–water partition coefficient (Wildman–Crippen LogP) is 3.21. The minimum atomic E-state index is -0.463. The summed E-state index contributed by atoms with van der Waals surface area (Å²) in [5, 5.41) is 8.24. The van der Waals surface area contributed by atoms with E-state index in [1.54, 1.807) is 14.0 Å². The Balaban J connectivity index is 1.26. The highest BCUT2D eigenvalue weighted by Gasteiger charge is 2.66. The number of unbranched alkanes of at least 4 members (excludes halogenated alkanes) is 2. The Labute approximate surface area is 232 Å². The first-order valence-corrected chi connectivity index (χ1v) is 14.4. The van der Waals surface area contributed by atoms with Gasteiger partial charge in [-0.1, -0.05) is 18.6 Å². The zero-order valence-corrected chi connectivity index (χ0v) is 23.9. The molecule has 2 heterocycles. The fourth-order valence-corrected chi connectivity index (χ4v) is 5.22. The number of allylic oxidation sites excluding steroid dienone is 1. The molecule has 11 heteroatoms. The lowest BCUT2D eigenvalue weighted by Crippen LogP contribution is -2.53. The summed E-state index contributed by atoms with van der Waals surface area (Å²) in [5.74, 6) is 0.0417. The van der Waals surface area contributed by atoms with Crippen molar-refractivity contribution in [1.82, 2.24) is 16.0 Å². The number of nitrogens with one attached hydrogen (secondary N) is 3. The first-order chi connectivity index (χ1) is 18.8. The summed E-state index contributed by atoms with van der Waals surface area (Å²) in [6.07, 6.45) is 6.61. The van der Waals surface area contributed by atoms with E-state index >= 15 is 0 Å². The molecule has 0 radical (unpaired) electrons. The van der Waals surface area contributed by atoms with Crippen LogP contribution in [-0.2, 0) is 28.5 Å². The zero-order chi connectivity index (χ0) is 28.3. The van der Waals surface area contributed by atoms with Crippen LogP contribution in [-0.4, -0.2) is 88.1 Å². The SMILES string of the molecule is CCC(=O)NCCCNC(=O)OCCCCCNC(=O)OC1CCC2(CO2)C(C2OC2CC=C(C)C)C1OC. The lowest BCUT2D eigenvalue weighted by atomic mass is 9.73. The summed E-state index contributed by atoms with van der Waals surface area (Å²) in [6.45, 7) is 8.42. The van der Waals surface area contributed by atoms with Gasteiger partial charge in [-0.3, -0.25) is 4.79 Å². The highest BCUT2D eigenvalue weighted by atomic mass is 16.6. The van der Waals surface area contributed by atoms with Crippen LogP contribution in [0.5, 0.6) is 0 Å². The molecule has 3 amide bonds. The molecule has 11 nitrogen and oxygen atoms in total. The molecular weight excluding hydrogens is 506 g/mol. The monoisotopic (exact) mass is 553 g/mol. The summed E-state index contributed by atoms with van der Waals surface area (Å²) in [4.78, 5) is 35.3. The molecule has 1 spiro atoms. The van der Waals surface area contributed by atoms with Crippen molar-refractivity contribution >= 4 is 18.1 Å². The van der Waals surface area contributed by atoms with E-state index in [1.807, 2.05) is 0 Å². The molecule has 39 heavy (non-hydrogen) atoms. The lowest BCUT2D eigenvalue weighted by Gasteiger charge is -2.40. The van der Waals surface area contributed by atoms with E-state index in [0.29, 0.717) is 58.5 Å². The Bertz CT molecular complexity index is 843. The number of epoxide rings is 2. The number of carbonyl (C=O) groups excluding carboxylic acids is 3. The normalized spacial score (nSPS) is 28.8. The van der Waals surface area contributed by atoms with Crippen molar-refractivity contribution in [2.45, 2.75) is 102 Å². The van der Waals surface area contributed by atoms with Crippen molar-refractivity contribution in [3.63, 3.8) is 0 Å². The maximum absolute atomic E-state index is 12.5. The van der Waals surface area contributed by atoms with Crippen LogP contribution >= 0.6 is 0 Å². The standard InChI is InChI=1S/C28H47N3O8/c1-5-22(32)29-15-9-16-30-26(33)36-17-8-6-7-14-31-27(34)39-21-12-13-28(18-37-28)23(24(21)35-4)25-20(38-25)11-10-19(2)3/h10,20-21,23-25H,5-9,11-18H2,1-4H3,(H,29,32)(H,30,33)(H,31,34). The molecule has 0 bridgehead atoms. The number of amides is 3. The van der Waals surface area contributed by atoms with Crippen molar-refractivity contribution in [3.05, 3.63) is 11.6 Å². The van der Waals surface area contributed by atoms with Gasteiger partial charge >= 0.3 is 12.2 Å². The summed E-state index contributed by atoms with van der Waals surface area (Å²) in [5.41, 5.74) is 1.05. The van der Waals surface area contributed by atoms with Crippen LogP contribution in [0.1, 0.15) is 72.1 Å². The van der Waals surface area contributed by atoms with Gasteiger partial charge in [0, 0.05) is 39.1 Å². The van der Waals surface area contributed by atoms with E-state index in [4.69, 9.17) is 23.7 Å². The largest absolute Gasteiger partial charge is 0.450 e. The minimum absolute atomic E-state index is 0.00339. The molecule has 6 unspecified atom stereocenters. The molecular formula is C28H47N3O8. The Morgan fingerprint density at radius 2 is 1.72 bits per heavy atom. The van der Waals surface area contributed by atoms with Crippen LogP contribution in [0.15, 0.2) is 11.6 Å². The van der Waals surface area contributed by atoms with Gasteiger partial charge in [0.15, 0.2) is 0 Å². The Hall–Kier alpha value is -2.37. The summed E-state index contributed by atoms with van der Waals surface area (Å²) < 4.78 is 28.7. The van der Waals surface area contributed by atoms with Gasteiger partial charge in [-0.15, -0.1) is 0 Å². The summed E-state index contributed by atoms with van der Waals surface area (Å²) in [7, 11) is 1.66. The summed E-state index contributed by atoms with van der Waals surface area (Å²) in [6, 6.07) is 0. The van der Waals surface area contributed by atoms with Gasteiger partial charge in [-0.05, 0) is 58.8 Å². The first-order valence-electron chi connectivity index (χ1n) is 14.4. The number of hydrogen-bond acceptors (Lipinski definition) is 8. The van der Waals surface area contributed by atoms with Gasteiger partial charge in [0.05, 0.1) is 31.0 Å². The number of alkyl carbamates (subject to hydrolysis) is 2. The van der Waals surface area contributed by atoms with Gasteiger partial charge in [-0.2, -0.15) is 0 Å². The van der Waals surface area contributed by atoms with Gasteiger partial charge in [0.2, 0.25) is 5.91 Å². The van der Waals surface area contributed by atoms with E-state index in [1.165, 1.54) is 5.57 Å². The Morgan fingerprint density at radius 3 is 2.41 bits per heavy atom. The molecule has 3 fully saturated rings. The van der Waals surface area contributed by atoms with Crippen molar-refractivity contribution in [2.24, 2.45) is 5.92 Å². The van der Waals surface area contributed by atoms with Crippen molar-refractivity contribution < 1.29 is 38.1 Å². The lowest BCUT2D eigenvalue weighted by molar-refractivity contribution is -0.120. The molecule has 0 aromatic rings. The number of methoxy groups -OCH3 is 1. The first kappa shape index (κ1) is 31.2. The van der Waals surface area contributed by atoms with Crippen LogP contribution in [0, 0.1) is 5.92 Å². The van der Waals surface area contributed by atoms with Gasteiger partial charge in [-0.25, -0.2) is 9.59 Å². The van der Waals surface area contributed by atoms with E-state index in [9.17, 15) is 14.4 Å². The molecule has 0 aromatic carbocycles. The van der Waals surface area contributed by atoms with Crippen LogP contribution in [0.2, 0.25) is 0 Å². The van der Waals surface area contributed by atoms with E-state index < -0.39 is 12.2 Å². The minimum Gasteiger partial charge on any atom is -0.450 e. The number of hydrogen-bond donors (Lipinski definition) is 3. The van der Waals surface area contributed by atoms with Gasteiger partial charge < -0.3 is 39.6 Å². The van der Waals surface area contributed by atoms with Crippen LogP contribution in [0.4, 0.5) is 9.59 Å². The number of carbonyl (C=O) groups is 3. The maximum Gasteiger partial charge on any atom is 0.407 e. The molecule has 3 N–H and O–H groups in total. The molecule has 1 saturated carbocycles. The number of ether oxygens (including phenoxy) is 5. The van der Waals surface area contributed by atoms with Gasteiger partial charge in [0.25, 0.3) is 0 Å². The third-order valence-corrected chi connectivity index (χ3v) is 7.55. The maximum atomic E-state index is 12.5.